The molecule has 2 aliphatic heterocycles. The molecule has 1 aromatic carbocycles. The van der Waals surface area contributed by atoms with Crippen LogP contribution >= 0.6 is 11.6 Å². The van der Waals surface area contributed by atoms with E-state index in [0.29, 0.717) is 65.5 Å². The minimum Gasteiger partial charge on any atom is -0.465 e. The van der Waals surface area contributed by atoms with E-state index in [4.69, 9.17) is 16.0 Å². The fourth-order valence-corrected chi connectivity index (χ4v) is 5.39. The Kier molecular flexibility index (Phi) is 7.00. The van der Waals surface area contributed by atoms with Crippen molar-refractivity contribution in [2.75, 3.05) is 44.2 Å². The molecular formula is C25H30ClN3O5. The molecule has 2 saturated heterocycles. The third-order valence-corrected chi connectivity index (χ3v) is 7.36. The van der Waals surface area contributed by atoms with Crippen LogP contribution in [0.5, 0.6) is 0 Å². The van der Waals surface area contributed by atoms with Gasteiger partial charge in [-0.15, -0.1) is 0 Å². The zero-order valence-corrected chi connectivity index (χ0v) is 20.5. The first-order valence-corrected chi connectivity index (χ1v) is 11.9. The van der Waals surface area contributed by atoms with Gasteiger partial charge in [-0.2, -0.15) is 0 Å². The van der Waals surface area contributed by atoms with Crippen molar-refractivity contribution in [1.29, 1.82) is 0 Å². The highest BCUT2D eigenvalue weighted by atomic mass is 35.5. The Morgan fingerprint density at radius 2 is 1.76 bits per heavy atom. The van der Waals surface area contributed by atoms with Crippen molar-refractivity contribution in [2.24, 2.45) is 11.8 Å². The summed E-state index contributed by atoms with van der Waals surface area (Å²) in [6.07, 6.45) is -0.281. The first-order chi connectivity index (χ1) is 16.1. The summed E-state index contributed by atoms with van der Waals surface area (Å²) in [6.45, 7) is 9.64. The highest BCUT2D eigenvalue weighted by molar-refractivity contribution is 6.31. The average Bonchev–Trinajstić information content (AvgIpc) is 3.31. The number of aryl methyl sites for hydroxylation is 3. The molecule has 2 unspecified atom stereocenters. The van der Waals surface area contributed by atoms with Gasteiger partial charge in [0.05, 0.1) is 5.56 Å². The van der Waals surface area contributed by atoms with Crippen LogP contribution in [-0.4, -0.2) is 66.2 Å². The number of amides is 2. The number of nitrogens with zero attached hydrogens (tertiary/aromatic N) is 3. The van der Waals surface area contributed by atoms with Gasteiger partial charge < -0.3 is 19.3 Å². The van der Waals surface area contributed by atoms with E-state index in [1.165, 1.54) is 11.0 Å². The van der Waals surface area contributed by atoms with Crippen molar-refractivity contribution in [3.05, 3.63) is 62.2 Å². The number of fused-ring (bicyclic) bond motifs is 1. The number of carbonyl (C=O) groups excluding carboxylic acids is 1. The minimum absolute atomic E-state index is 0.0754. The second-order valence-corrected chi connectivity index (χ2v) is 9.80. The Bertz CT molecular complexity index is 1120. The summed E-state index contributed by atoms with van der Waals surface area (Å²) in [5.41, 5.74) is 2.19. The number of carbonyl (C=O) groups is 2. The molecule has 3 heterocycles. The van der Waals surface area contributed by atoms with Crippen molar-refractivity contribution in [3.8, 4) is 0 Å². The fourth-order valence-electron chi connectivity index (χ4n) is 5.21. The molecule has 9 heteroatoms. The standard InChI is InChI=1S/C25H30ClN3O5/c1-15-5-6-20(10-21(15)26)29(25(32)33)8-4-7-27-11-18-13-28(14-19(18)12-27)24(31)23-16(2)9-22(30)34-17(23)3/h5-6,9-10,18-19H,4,7-8,11-14H2,1-3H3,(H,32,33). The fraction of sp³-hybridized carbons (Fsp3) is 0.480. The summed E-state index contributed by atoms with van der Waals surface area (Å²) in [5.74, 6) is 1.08. The summed E-state index contributed by atoms with van der Waals surface area (Å²) in [6, 6.07) is 6.67. The summed E-state index contributed by atoms with van der Waals surface area (Å²) in [5, 5.41) is 10.2. The summed E-state index contributed by atoms with van der Waals surface area (Å²) >= 11 is 6.18. The largest absolute Gasteiger partial charge is 0.465 e. The highest BCUT2D eigenvalue weighted by Gasteiger charge is 2.42. The number of halogens is 1. The van der Waals surface area contributed by atoms with Gasteiger partial charge in [0.25, 0.3) is 5.91 Å². The molecule has 8 nitrogen and oxygen atoms in total. The smallest absolute Gasteiger partial charge is 0.411 e. The van der Waals surface area contributed by atoms with Crippen LogP contribution in [0.4, 0.5) is 10.5 Å². The number of benzene rings is 1. The lowest BCUT2D eigenvalue weighted by Gasteiger charge is -2.24. The predicted octanol–water partition coefficient (Wildman–Crippen LogP) is 3.80. The molecule has 2 aliphatic rings. The van der Waals surface area contributed by atoms with E-state index < -0.39 is 11.7 Å². The van der Waals surface area contributed by atoms with Crippen LogP contribution in [0, 0.1) is 32.6 Å². The minimum atomic E-state index is -0.991. The van der Waals surface area contributed by atoms with E-state index in [1.807, 2.05) is 17.9 Å². The van der Waals surface area contributed by atoms with E-state index >= 15 is 0 Å². The van der Waals surface area contributed by atoms with Gasteiger partial charge >= 0.3 is 11.7 Å². The van der Waals surface area contributed by atoms with Gasteiger partial charge in [-0.25, -0.2) is 9.59 Å². The van der Waals surface area contributed by atoms with E-state index in [2.05, 4.69) is 4.90 Å². The average molecular weight is 488 g/mol. The van der Waals surface area contributed by atoms with Crippen molar-refractivity contribution < 1.29 is 19.1 Å². The molecule has 1 aromatic heterocycles. The zero-order chi connectivity index (χ0) is 24.6. The van der Waals surface area contributed by atoms with Gasteiger partial charge in [-0.1, -0.05) is 17.7 Å². The molecule has 0 saturated carbocycles. The van der Waals surface area contributed by atoms with Crippen molar-refractivity contribution in [2.45, 2.75) is 27.2 Å². The van der Waals surface area contributed by atoms with Crippen LogP contribution in [0.25, 0.3) is 0 Å². The van der Waals surface area contributed by atoms with Crippen molar-refractivity contribution in [3.63, 3.8) is 0 Å². The van der Waals surface area contributed by atoms with Gasteiger partial charge in [0.15, 0.2) is 0 Å². The lowest BCUT2D eigenvalue weighted by Crippen LogP contribution is -2.36. The van der Waals surface area contributed by atoms with E-state index in [-0.39, 0.29) is 5.91 Å². The van der Waals surface area contributed by atoms with Crippen LogP contribution in [0.1, 0.15) is 33.7 Å². The molecule has 2 aromatic rings. The molecule has 0 radical (unpaired) electrons. The number of hydrogen-bond donors (Lipinski definition) is 1. The first kappa shape index (κ1) is 24.3. The number of carboxylic acid groups (broad SMARTS) is 1. The maximum Gasteiger partial charge on any atom is 0.411 e. The summed E-state index contributed by atoms with van der Waals surface area (Å²) < 4.78 is 5.14. The molecular weight excluding hydrogens is 458 g/mol. The quantitative estimate of drug-likeness (QED) is 0.666. The normalized spacial score (nSPS) is 19.9. The maximum absolute atomic E-state index is 13.1. The zero-order valence-electron chi connectivity index (χ0n) is 19.7. The maximum atomic E-state index is 13.1. The third-order valence-electron chi connectivity index (χ3n) is 6.95. The molecule has 1 N–H and O–H groups in total. The third kappa shape index (κ3) is 4.98. The van der Waals surface area contributed by atoms with Crippen LogP contribution in [0.2, 0.25) is 5.02 Å². The Morgan fingerprint density at radius 3 is 2.35 bits per heavy atom. The molecule has 0 bridgehead atoms. The van der Waals surface area contributed by atoms with Gasteiger partial charge in [-0.05, 0) is 68.8 Å². The van der Waals surface area contributed by atoms with Crippen LogP contribution in [0.3, 0.4) is 0 Å². The number of rotatable bonds is 6. The van der Waals surface area contributed by atoms with E-state index in [0.717, 1.165) is 25.2 Å². The lowest BCUT2D eigenvalue weighted by atomic mass is 10.0. The Morgan fingerprint density at radius 1 is 1.09 bits per heavy atom. The van der Waals surface area contributed by atoms with E-state index in [9.17, 15) is 19.5 Å². The Hall–Kier alpha value is -2.84. The van der Waals surface area contributed by atoms with Gasteiger partial charge in [0, 0.05) is 49.5 Å². The highest BCUT2D eigenvalue weighted by Crippen LogP contribution is 2.32. The van der Waals surface area contributed by atoms with Crippen LogP contribution < -0.4 is 10.5 Å². The number of likely N-dealkylation sites (tertiary alicyclic amines) is 2. The topological polar surface area (TPSA) is 94.3 Å². The molecule has 4 rings (SSSR count). The number of hydrogen-bond acceptors (Lipinski definition) is 5. The van der Waals surface area contributed by atoms with Crippen LogP contribution in [-0.2, 0) is 0 Å². The molecule has 34 heavy (non-hydrogen) atoms. The predicted molar refractivity (Wildman–Crippen MR) is 130 cm³/mol. The van der Waals surface area contributed by atoms with Crippen molar-refractivity contribution >= 4 is 29.3 Å². The van der Waals surface area contributed by atoms with Gasteiger partial charge in [0.1, 0.15) is 5.76 Å². The Balaban J connectivity index is 1.30. The molecule has 2 fully saturated rings. The van der Waals surface area contributed by atoms with Gasteiger partial charge in [-0.3, -0.25) is 9.69 Å². The lowest BCUT2D eigenvalue weighted by molar-refractivity contribution is 0.0769. The summed E-state index contributed by atoms with van der Waals surface area (Å²) in [4.78, 5) is 42.0. The Labute approximate surface area is 203 Å². The van der Waals surface area contributed by atoms with E-state index in [1.54, 1.807) is 26.0 Å². The second-order valence-electron chi connectivity index (χ2n) is 9.39. The monoisotopic (exact) mass is 487 g/mol. The number of anilines is 1. The molecule has 2 atom stereocenters. The van der Waals surface area contributed by atoms with Crippen molar-refractivity contribution in [1.82, 2.24) is 9.80 Å². The SMILES string of the molecule is Cc1ccc(N(CCCN2CC3CN(C(=O)c4c(C)cc(=O)oc4C)CC3C2)C(=O)O)cc1Cl. The second kappa shape index (κ2) is 9.80. The molecule has 0 spiro atoms. The molecule has 182 valence electrons. The van der Waals surface area contributed by atoms with Crippen LogP contribution in [0.15, 0.2) is 33.5 Å². The molecule has 0 aliphatic carbocycles. The molecule has 2 amide bonds. The first-order valence-electron chi connectivity index (χ1n) is 11.5. The van der Waals surface area contributed by atoms with Gasteiger partial charge in [0.2, 0.25) is 0 Å². The summed E-state index contributed by atoms with van der Waals surface area (Å²) in [7, 11) is 0.